The molecule has 3 heterocycles. The third kappa shape index (κ3) is 4.92. The summed E-state index contributed by atoms with van der Waals surface area (Å²) in [6.07, 6.45) is 6.01. The SMILES string of the molecule is CCCC[C@H](c1nnnn1C[C@@H]1CCCO1)[NH+]1CCN(c2ccc(OC)cc2)CC1. The summed E-state index contributed by atoms with van der Waals surface area (Å²) in [5.74, 6) is 1.94. The summed E-state index contributed by atoms with van der Waals surface area (Å²) in [6, 6.07) is 8.73. The van der Waals surface area contributed by atoms with E-state index in [2.05, 4.69) is 39.5 Å². The molecule has 2 aliphatic rings. The number of anilines is 1. The number of nitrogens with zero attached hydrogens (tertiary/aromatic N) is 5. The maximum Gasteiger partial charge on any atom is 0.209 e. The number of unbranched alkanes of at least 4 members (excludes halogenated alkanes) is 1. The van der Waals surface area contributed by atoms with Gasteiger partial charge in [0.25, 0.3) is 0 Å². The first-order valence-corrected chi connectivity index (χ1v) is 11.4. The molecule has 4 rings (SSSR count). The predicted octanol–water partition coefficient (Wildman–Crippen LogP) is 1.50. The first-order chi connectivity index (χ1) is 14.8. The summed E-state index contributed by atoms with van der Waals surface area (Å²) in [5, 5.41) is 12.8. The van der Waals surface area contributed by atoms with Crippen molar-refractivity contribution in [2.24, 2.45) is 0 Å². The molecule has 0 unspecified atom stereocenters. The standard InChI is InChI=1S/C22H34N6O2/c1-3-4-7-21(22-23-24-25-28(22)17-20-6-5-16-30-20)27-14-12-26(13-15-27)18-8-10-19(29-2)11-9-18/h8-11,20-21H,3-7,12-17H2,1-2H3/p+1/t20-,21+/m0/s1. The fourth-order valence-corrected chi connectivity index (χ4v) is 4.69. The third-order valence-electron chi connectivity index (χ3n) is 6.45. The lowest BCUT2D eigenvalue weighted by molar-refractivity contribution is -0.933. The van der Waals surface area contributed by atoms with Crippen LogP contribution in [-0.4, -0.2) is 66.2 Å². The number of nitrogens with one attached hydrogen (secondary N) is 1. The highest BCUT2D eigenvalue weighted by Crippen LogP contribution is 2.21. The van der Waals surface area contributed by atoms with Gasteiger partial charge in [-0.25, -0.2) is 4.68 Å². The van der Waals surface area contributed by atoms with E-state index in [1.165, 1.54) is 18.5 Å². The molecule has 164 valence electrons. The number of benzene rings is 1. The Morgan fingerprint density at radius 1 is 1.23 bits per heavy atom. The molecule has 0 bridgehead atoms. The second-order valence-electron chi connectivity index (χ2n) is 8.39. The summed E-state index contributed by atoms with van der Waals surface area (Å²) >= 11 is 0. The molecule has 1 aromatic heterocycles. The van der Waals surface area contributed by atoms with Crippen molar-refractivity contribution in [3.8, 4) is 5.75 Å². The number of ether oxygens (including phenoxy) is 2. The van der Waals surface area contributed by atoms with Crippen molar-refractivity contribution in [3.63, 3.8) is 0 Å². The fourth-order valence-electron chi connectivity index (χ4n) is 4.69. The second kappa shape index (κ2) is 10.2. The van der Waals surface area contributed by atoms with Crippen LogP contribution >= 0.6 is 0 Å². The topological polar surface area (TPSA) is 69.7 Å². The van der Waals surface area contributed by atoms with E-state index in [0.717, 1.165) is 70.2 Å². The van der Waals surface area contributed by atoms with E-state index in [1.54, 1.807) is 12.0 Å². The van der Waals surface area contributed by atoms with Crippen LogP contribution < -0.4 is 14.5 Å². The van der Waals surface area contributed by atoms with Gasteiger partial charge in [0.15, 0.2) is 0 Å². The Hall–Kier alpha value is -2.19. The highest BCUT2D eigenvalue weighted by atomic mass is 16.5. The summed E-state index contributed by atoms with van der Waals surface area (Å²) in [6.45, 7) is 8.15. The molecule has 2 fully saturated rings. The van der Waals surface area contributed by atoms with Crippen LogP contribution in [0.4, 0.5) is 5.69 Å². The Morgan fingerprint density at radius 2 is 2.03 bits per heavy atom. The van der Waals surface area contributed by atoms with Gasteiger partial charge in [-0.05, 0) is 54.0 Å². The minimum absolute atomic E-state index is 0.251. The number of hydrogen-bond acceptors (Lipinski definition) is 6. The van der Waals surface area contributed by atoms with E-state index in [0.29, 0.717) is 6.04 Å². The molecule has 2 saturated heterocycles. The number of tetrazole rings is 1. The van der Waals surface area contributed by atoms with Gasteiger partial charge in [-0.15, -0.1) is 5.10 Å². The Balaban J connectivity index is 1.42. The first-order valence-electron chi connectivity index (χ1n) is 11.4. The zero-order valence-corrected chi connectivity index (χ0v) is 18.3. The number of piperazine rings is 1. The molecule has 2 atom stereocenters. The van der Waals surface area contributed by atoms with Crippen LogP contribution in [0.5, 0.6) is 5.75 Å². The Labute approximate surface area is 179 Å². The van der Waals surface area contributed by atoms with E-state index >= 15 is 0 Å². The normalized spacial score (nSPS) is 21.1. The largest absolute Gasteiger partial charge is 0.497 e. The maximum absolute atomic E-state index is 5.83. The molecular formula is C22H35N6O2+. The highest BCUT2D eigenvalue weighted by molar-refractivity contribution is 5.49. The number of hydrogen-bond donors (Lipinski definition) is 1. The van der Waals surface area contributed by atoms with Crippen LogP contribution in [0.1, 0.15) is 50.9 Å². The van der Waals surface area contributed by atoms with E-state index in [4.69, 9.17) is 9.47 Å². The highest BCUT2D eigenvalue weighted by Gasteiger charge is 2.33. The van der Waals surface area contributed by atoms with Crippen LogP contribution in [0.15, 0.2) is 24.3 Å². The van der Waals surface area contributed by atoms with Gasteiger partial charge in [0.05, 0.1) is 45.9 Å². The molecule has 30 heavy (non-hydrogen) atoms. The first kappa shape index (κ1) is 21.1. The molecule has 2 aromatic rings. The van der Waals surface area contributed by atoms with Crippen molar-refractivity contribution in [1.82, 2.24) is 20.2 Å². The lowest BCUT2D eigenvalue weighted by atomic mass is 10.1. The molecule has 0 spiro atoms. The van der Waals surface area contributed by atoms with E-state index in [9.17, 15) is 0 Å². The van der Waals surface area contributed by atoms with E-state index < -0.39 is 0 Å². The van der Waals surface area contributed by atoms with Gasteiger partial charge in [-0.1, -0.05) is 13.3 Å². The van der Waals surface area contributed by atoms with Crippen molar-refractivity contribution in [2.75, 3.05) is 44.8 Å². The molecular weight excluding hydrogens is 380 g/mol. The average Bonchev–Trinajstić information content (AvgIpc) is 3.47. The number of aromatic nitrogens is 4. The molecule has 0 saturated carbocycles. The van der Waals surface area contributed by atoms with Gasteiger partial charge in [-0.2, -0.15) is 0 Å². The zero-order chi connectivity index (χ0) is 20.8. The van der Waals surface area contributed by atoms with Crippen molar-refractivity contribution < 1.29 is 14.4 Å². The average molecular weight is 416 g/mol. The van der Waals surface area contributed by atoms with E-state index in [-0.39, 0.29) is 6.10 Å². The van der Waals surface area contributed by atoms with Gasteiger partial charge < -0.3 is 19.3 Å². The van der Waals surface area contributed by atoms with Crippen molar-refractivity contribution in [2.45, 2.75) is 57.7 Å². The number of rotatable bonds is 9. The van der Waals surface area contributed by atoms with Crippen LogP contribution in [0.2, 0.25) is 0 Å². The fraction of sp³-hybridized carbons (Fsp3) is 0.682. The molecule has 8 heteroatoms. The predicted molar refractivity (Wildman–Crippen MR) is 115 cm³/mol. The lowest BCUT2D eigenvalue weighted by Crippen LogP contribution is -3.15. The zero-order valence-electron chi connectivity index (χ0n) is 18.3. The van der Waals surface area contributed by atoms with Gasteiger partial charge in [0.1, 0.15) is 11.8 Å². The molecule has 2 aliphatic heterocycles. The van der Waals surface area contributed by atoms with Crippen molar-refractivity contribution in [1.29, 1.82) is 0 Å². The second-order valence-corrected chi connectivity index (χ2v) is 8.39. The van der Waals surface area contributed by atoms with Gasteiger partial charge >= 0.3 is 0 Å². The van der Waals surface area contributed by atoms with Crippen LogP contribution in [0.3, 0.4) is 0 Å². The monoisotopic (exact) mass is 415 g/mol. The number of quaternary nitrogens is 1. The summed E-state index contributed by atoms with van der Waals surface area (Å²) in [4.78, 5) is 4.06. The van der Waals surface area contributed by atoms with Crippen LogP contribution in [-0.2, 0) is 11.3 Å². The Bertz CT molecular complexity index is 766. The molecule has 0 aliphatic carbocycles. The van der Waals surface area contributed by atoms with E-state index in [1.807, 2.05) is 16.8 Å². The minimum Gasteiger partial charge on any atom is -0.497 e. The van der Waals surface area contributed by atoms with Crippen LogP contribution in [0, 0.1) is 0 Å². The summed E-state index contributed by atoms with van der Waals surface area (Å²) in [7, 11) is 1.71. The lowest BCUT2D eigenvalue weighted by Gasteiger charge is -2.37. The molecule has 1 N–H and O–H groups in total. The Kier molecular flexibility index (Phi) is 7.17. The van der Waals surface area contributed by atoms with Gasteiger partial charge in [-0.3, -0.25) is 0 Å². The molecule has 1 aromatic carbocycles. The van der Waals surface area contributed by atoms with Gasteiger partial charge in [0.2, 0.25) is 5.82 Å². The Morgan fingerprint density at radius 3 is 2.70 bits per heavy atom. The van der Waals surface area contributed by atoms with Crippen molar-refractivity contribution in [3.05, 3.63) is 30.1 Å². The van der Waals surface area contributed by atoms with Crippen LogP contribution in [0.25, 0.3) is 0 Å². The summed E-state index contributed by atoms with van der Waals surface area (Å²) < 4.78 is 13.1. The van der Waals surface area contributed by atoms with Gasteiger partial charge in [0, 0.05) is 18.7 Å². The summed E-state index contributed by atoms with van der Waals surface area (Å²) in [5.41, 5.74) is 1.27. The molecule has 0 radical (unpaired) electrons. The smallest absolute Gasteiger partial charge is 0.209 e. The molecule has 8 nitrogen and oxygen atoms in total. The number of methoxy groups -OCH3 is 1. The quantitative estimate of drug-likeness (QED) is 0.669. The minimum atomic E-state index is 0.251. The molecule has 0 amide bonds. The maximum atomic E-state index is 5.83. The third-order valence-corrected chi connectivity index (χ3v) is 6.45. The van der Waals surface area contributed by atoms with Crippen molar-refractivity contribution >= 4 is 5.69 Å².